The van der Waals surface area contributed by atoms with E-state index in [1.165, 1.54) is 24.0 Å². The van der Waals surface area contributed by atoms with Crippen molar-refractivity contribution < 1.29 is 0 Å². The van der Waals surface area contributed by atoms with Crippen LogP contribution in [0.3, 0.4) is 0 Å². The SMILES string of the molecule is Cc1ccccc1CNC1CCCN(c2ncccn2)C1. The topological polar surface area (TPSA) is 41.0 Å². The maximum atomic E-state index is 4.36. The van der Waals surface area contributed by atoms with E-state index in [4.69, 9.17) is 0 Å². The lowest BCUT2D eigenvalue weighted by Crippen LogP contribution is -2.46. The van der Waals surface area contributed by atoms with E-state index in [1.807, 2.05) is 18.5 Å². The molecule has 1 aliphatic heterocycles. The summed E-state index contributed by atoms with van der Waals surface area (Å²) < 4.78 is 0. The molecule has 0 radical (unpaired) electrons. The Morgan fingerprint density at radius 3 is 2.81 bits per heavy atom. The highest BCUT2D eigenvalue weighted by Crippen LogP contribution is 2.16. The number of hydrogen-bond acceptors (Lipinski definition) is 4. The molecule has 2 aromatic rings. The molecule has 0 amide bonds. The Balaban J connectivity index is 1.58. The fourth-order valence-corrected chi connectivity index (χ4v) is 2.84. The predicted octanol–water partition coefficient (Wildman–Crippen LogP) is 2.54. The average Bonchev–Trinajstić information content (AvgIpc) is 2.55. The minimum Gasteiger partial charge on any atom is -0.339 e. The quantitative estimate of drug-likeness (QED) is 0.935. The summed E-state index contributed by atoms with van der Waals surface area (Å²) in [5, 5.41) is 3.68. The summed E-state index contributed by atoms with van der Waals surface area (Å²) in [4.78, 5) is 11.0. The number of anilines is 1. The summed E-state index contributed by atoms with van der Waals surface area (Å²) in [7, 11) is 0. The van der Waals surface area contributed by atoms with E-state index in [9.17, 15) is 0 Å². The number of nitrogens with one attached hydrogen (secondary N) is 1. The zero-order chi connectivity index (χ0) is 14.5. The highest BCUT2D eigenvalue weighted by molar-refractivity contribution is 5.30. The number of aromatic nitrogens is 2. The molecule has 2 heterocycles. The van der Waals surface area contributed by atoms with Gasteiger partial charge in [0.05, 0.1) is 0 Å². The third-order valence-electron chi connectivity index (χ3n) is 4.10. The molecule has 1 aromatic heterocycles. The summed E-state index contributed by atoms with van der Waals surface area (Å²) in [6.45, 7) is 5.13. The van der Waals surface area contributed by atoms with Crippen molar-refractivity contribution in [3.05, 3.63) is 53.9 Å². The Kier molecular flexibility index (Phi) is 4.46. The molecular formula is C17H22N4. The van der Waals surface area contributed by atoms with Crippen molar-refractivity contribution in [2.24, 2.45) is 0 Å². The van der Waals surface area contributed by atoms with Crippen molar-refractivity contribution in [3.8, 4) is 0 Å². The van der Waals surface area contributed by atoms with Crippen LogP contribution in [0.1, 0.15) is 24.0 Å². The van der Waals surface area contributed by atoms with Crippen LogP contribution in [-0.4, -0.2) is 29.1 Å². The van der Waals surface area contributed by atoms with Gasteiger partial charge in [-0.1, -0.05) is 24.3 Å². The first-order chi connectivity index (χ1) is 10.3. The molecule has 0 spiro atoms. The summed E-state index contributed by atoms with van der Waals surface area (Å²) in [5.74, 6) is 0.847. The molecule has 1 aromatic carbocycles. The van der Waals surface area contributed by atoms with Crippen LogP contribution in [0.2, 0.25) is 0 Å². The largest absolute Gasteiger partial charge is 0.339 e. The third kappa shape index (κ3) is 3.58. The van der Waals surface area contributed by atoms with Crippen LogP contribution in [0.5, 0.6) is 0 Å². The highest BCUT2D eigenvalue weighted by Gasteiger charge is 2.21. The Morgan fingerprint density at radius 1 is 1.19 bits per heavy atom. The molecule has 1 unspecified atom stereocenters. The van der Waals surface area contributed by atoms with E-state index in [0.29, 0.717) is 6.04 Å². The zero-order valence-electron chi connectivity index (χ0n) is 12.5. The van der Waals surface area contributed by atoms with Gasteiger partial charge in [-0.25, -0.2) is 9.97 Å². The summed E-state index contributed by atoms with van der Waals surface area (Å²) >= 11 is 0. The van der Waals surface area contributed by atoms with Crippen molar-refractivity contribution in [1.82, 2.24) is 15.3 Å². The zero-order valence-corrected chi connectivity index (χ0v) is 12.5. The molecule has 0 bridgehead atoms. The van der Waals surface area contributed by atoms with Gasteiger partial charge in [0.15, 0.2) is 0 Å². The Labute approximate surface area is 126 Å². The van der Waals surface area contributed by atoms with E-state index < -0.39 is 0 Å². The second-order valence-corrected chi connectivity index (χ2v) is 5.64. The lowest BCUT2D eigenvalue weighted by atomic mass is 10.0. The smallest absolute Gasteiger partial charge is 0.225 e. The van der Waals surface area contributed by atoms with E-state index >= 15 is 0 Å². The second-order valence-electron chi connectivity index (χ2n) is 5.64. The van der Waals surface area contributed by atoms with Crippen LogP contribution in [0, 0.1) is 6.92 Å². The maximum absolute atomic E-state index is 4.36. The van der Waals surface area contributed by atoms with Crippen LogP contribution in [0.25, 0.3) is 0 Å². The molecule has 21 heavy (non-hydrogen) atoms. The van der Waals surface area contributed by atoms with Gasteiger partial charge in [0.25, 0.3) is 0 Å². The van der Waals surface area contributed by atoms with Crippen molar-refractivity contribution in [1.29, 1.82) is 0 Å². The summed E-state index contributed by atoms with van der Waals surface area (Å²) in [5.41, 5.74) is 2.73. The Bertz CT molecular complexity index is 570. The average molecular weight is 282 g/mol. The predicted molar refractivity (Wildman–Crippen MR) is 85.3 cm³/mol. The fraction of sp³-hybridized carbons (Fsp3) is 0.412. The molecule has 1 fully saturated rings. The standard InChI is InChI=1S/C17H22N4/c1-14-6-2-3-7-15(14)12-20-16-8-4-11-21(13-16)17-18-9-5-10-19-17/h2-3,5-7,9-10,16,20H,4,8,11-13H2,1H3. The molecule has 1 saturated heterocycles. The Morgan fingerprint density at radius 2 is 2.00 bits per heavy atom. The van der Waals surface area contributed by atoms with Gasteiger partial charge in [-0.3, -0.25) is 0 Å². The van der Waals surface area contributed by atoms with Crippen LogP contribution in [-0.2, 0) is 6.54 Å². The molecule has 110 valence electrons. The molecule has 3 rings (SSSR count). The molecule has 1 aliphatic rings. The van der Waals surface area contributed by atoms with Gasteiger partial charge >= 0.3 is 0 Å². The number of piperidine rings is 1. The van der Waals surface area contributed by atoms with Crippen molar-refractivity contribution in [2.75, 3.05) is 18.0 Å². The highest BCUT2D eigenvalue weighted by atomic mass is 15.3. The number of hydrogen-bond donors (Lipinski definition) is 1. The van der Waals surface area contributed by atoms with Crippen LogP contribution in [0.4, 0.5) is 5.95 Å². The summed E-state index contributed by atoms with van der Waals surface area (Å²) in [6.07, 6.45) is 6.03. The van der Waals surface area contributed by atoms with Crippen LogP contribution in [0.15, 0.2) is 42.7 Å². The van der Waals surface area contributed by atoms with Crippen molar-refractivity contribution >= 4 is 5.95 Å². The summed E-state index contributed by atoms with van der Waals surface area (Å²) in [6, 6.07) is 10.9. The first kappa shape index (κ1) is 14.0. The van der Waals surface area contributed by atoms with Gasteiger partial charge < -0.3 is 10.2 Å². The molecule has 0 aliphatic carbocycles. The van der Waals surface area contributed by atoms with E-state index in [-0.39, 0.29) is 0 Å². The molecule has 4 heteroatoms. The van der Waals surface area contributed by atoms with Crippen molar-refractivity contribution in [3.63, 3.8) is 0 Å². The first-order valence-electron chi connectivity index (χ1n) is 7.63. The molecule has 0 saturated carbocycles. The van der Waals surface area contributed by atoms with E-state index in [2.05, 4.69) is 51.4 Å². The molecular weight excluding hydrogens is 260 g/mol. The Hall–Kier alpha value is -1.94. The van der Waals surface area contributed by atoms with Crippen LogP contribution < -0.4 is 10.2 Å². The number of benzene rings is 1. The van der Waals surface area contributed by atoms with Gasteiger partial charge in [0, 0.05) is 38.1 Å². The lowest BCUT2D eigenvalue weighted by molar-refractivity contribution is 0.418. The van der Waals surface area contributed by atoms with Gasteiger partial charge in [0.2, 0.25) is 5.95 Å². The fourth-order valence-electron chi connectivity index (χ4n) is 2.84. The van der Waals surface area contributed by atoms with E-state index in [1.54, 1.807) is 0 Å². The molecule has 1 N–H and O–H groups in total. The minimum absolute atomic E-state index is 0.502. The van der Waals surface area contributed by atoms with Crippen molar-refractivity contribution in [2.45, 2.75) is 32.4 Å². The van der Waals surface area contributed by atoms with Gasteiger partial charge in [-0.05, 0) is 37.0 Å². The second kappa shape index (κ2) is 6.68. The van der Waals surface area contributed by atoms with Gasteiger partial charge in [-0.2, -0.15) is 0 Å². The third-order valence-corrected chi connectivity index (χ3v) is 4.10. The normalized spacial score (nSPS) is 18.7. The van der Waals surface area contributed by atoms with Gasteiger partial charge in [-0.15, -0.1) is 0 Å². The maximum Gasteiger partial charge on any atom is 0.225 e. The van der Waals surface area contributed by atoms with Gasteiger partial charge in [0.1, 0.15) is 0 Å². The van der Waals surface area contributed by atoms with Crippen LogP contribution >= 0.6 is 0 Å². The first-order valence-corrected chi connectivity index (χ1v) is 7.63. The molecule has 1 atom stereocenters. The monoisotopic (exact) mass is 282 g/mol. The number of nitrogens with zero attached hydrogens (tertiary/aromatic N) is 3. The molecule has 4 nitrogen and oxygen atoms in total. The number of aryl methyl sites for hydroxylation is 1. The minimum atomic E-state index is 0.502. The lowest BCUT2D eigenvalue weighted by Gasteiger charge is -2.33. The van der Waals surface area contributed by atoms with E-state index in [0.717, 1.165) is 25.6 Å². The number of rotatable bonds is 4.